The van der Waals surface area contributed by atoms with Gasteiger partial charge >= 0.3 is 5.97 Å². The lowest BCUT2D eigenvalue weighted by Crippen LogP contribution is -2.29. The fourth-order valence-electron chi connectivity index (χ4n) is 2.49. The molecule has 3 heteroatoms. The Kier molecular flexibility index (Phi) is 5.89. The molecule has 1 aliphatic heterocycles. The standard InChI is InChI=1S/C16H23NO2/c18-16(13-15-8-10-17-11-9-15)19-12-4-7-14-5-2-1-3-6-14/h1-3,5-6,15,17H,4,7-13H2. The average molecular weight is 261 g/mol. The first-order valence-electron chi connectivity index (χ1n) is 7.25. The van der Waals surface area contributed by atoms with Crippen molar-refractivity contribution < 1.29 is 9.53 Å². The van der Waals surface area contributed by atoms with E-state index in [2.05, 4.69) is 17.4 Å². The number of ether oxygens (including phenoxy) is 1. The summed E-state index contributed by atoms with van der Waals surface area (Å²) in [6, 6.07) is 10.3. The van der Waals surface area contributed by atoms with E-state index < -0.39 is 0 Å². The second kappa shape index (κ2) is 7.95. The van der Waals surface area contributed by atoms with E-state index in [0.29, 0.717) is 18.9 Å². The maximum absolute atomic E-state index is 11.7. The van der Waals surface area contributed by atoms with Crippen LogP contribution in [0, 0.1) is 5.92 Å². The summed E-state index contributed by atoms with van der Waals surface area (Å²) in [7, 11) is 0. The average Bonchev–Trinajstić information content (AvgIpc) is 2.46. The first kappa shape index (κ1) is 14.1. The number of nitrogens with one attached hydrogen (secondary N) is 1. The number of rotatable bonds is 6. The van der Waals surface area contributed by atoms with E-state index in [1.165, 1.54) is 5.56 Å². The van der Waals surface area contributed by atoms with E-state index in [0.717, 1.165) is 38.8 Å². The van der Waals surface area contributed by atoms with Crippen LogP contribution in [0.5, 0.6) is 0 Å². The Labute approximate surface area is 115 Å². The smallest absolute Gasteiger partial charge is 0.306 e. The molecule has 0 aromatic heterocycles. The van der Waals surface area contributed by atoms with Crippen molar-refractivity contribution in [3.63, 3.8) is 0 Å². The van der Waals surface area contributed by atoms with Crippen LogP contribution in [-0.4, -0.2) is 25.7 Å². The van der Waals surface area contributed by atoms with Gasteiger partial charge in [-0.15, -0.1) is 0 Å². The summed E-state index contributed by atoms with van der Waals surface area (Å²) in [6.07, 6.45) is 4.66. The molecule has 1 fully saturated rings. The Hall–Kier alpha value is -1.35. The van der Waals surface area contributed by atoms with Gasteiger partial charge in [0.15, 0.2) is 0 Å². The van der Waals surface area contributed by atoms with Crippen LogP contribution in [0.3, 0.4) is 0 Å². The van der Waals surface area contributed by atoms with Crippen LogP contribution in [0.15, 0.2) is 30.3 Å². The predicted octanol–water partition coefficient (Wildman–Crippen LogP) is 2.55. The summed E-state index contributed by atoms with van der Waals surface area (Å²) in [6.45, 7) is 2.61. The van der Waals surface area contributed by atoms with Crippen LogP contribution >= 0.6 is 0 Å². The van der Waals surface area contributed by atoms with Crippen molar-refractivity contribution >= 4 is 5.97 Å². The lowest BCUT2D eigenvalue weighted by Gasteiger charge is -2.21. The predicted molar refractivity (Wildman–Crippen MR) is 75.9 cm³/mol. The molecule has 0 spiro atoms. The minimum atomic E-state index is -0.0278. The highest BCUT2D eigenvalue weighted by Gasteiger charge is 2.17. The molecule has 3 nitrogen and oxygen atoms in total. The molecule has 1 N–H and O–H groups in total. The third-order valence-electron chi connectivity index (χ3n) is 3.63. The van der Waals surface area contributed by atoms with Gasteiger partial charge in [-0.3, -0.25) is 4.79 Å². The van der Waals surface area contributed by atoms with E-state index in [9.17, 15) is 4.79 Å². The van der Waals surface area contributed by atoms with E-state index in [-0.39, 0.29) is 5.97 Å². The Morgan fingerprint density at radius 1 is 1.21 bits per heavy atom. The summed E-state index contributed by atoms with van der Waals surface area (Å²) >= 11 is 0. The number of benzene rings is 1. The SMILES string of the molecule is O=C(CC1CCNCC1)OCCCc1ccccc1. The number of hydrogen-bond donors (Lipinski definition) is 1. The summed E-state index contributed by atoms with van der Waals surface area (Å²) in [4.78, 5) is 11.7. The highest BCUT2D eigenvalue weighted by atomic mass is 16.5. The van der Waals surface area contributed by atoms with Crippen molar-refractivity contribution in [2.75, 3.05) is 19.7 Å². The van der Waals surface area contributed by atoms with Gasteiger partial charge in [0.05, 0.1) is 6.61 Å². The molecule has 0 radical (unpaired) electrons. The zero-order valence-electron chi connectivity index (χ0n) is 11.4. The van der Waals surface area contributed by atoms with Crippen molar-refractivity contribution in [1.29, 1.82) is 0 Å². The Morgan fingerprint density at radius 3 is 2.68 bits per heavy atom. The van der Waals surface area contributed by atoms with Crippen molar-refractivity contribution in [1.82, 2.24) is 5.32 Å². The molecule has 0 amide bonds. The second-order valence-electron chi connectivity index (χ2n) is 5.21. The summed E-state index contributed by atoms with van der Waals surface area (Å²) in [5, 5.41) is 3.31. The lowest BCUT2D eigenvalue weighted by atomic mass is 9.95. The van der Waals surface area contributed by atoms with Crippen molar-refractivity contribution in [3.05, 3.63) is 35.9 Å². The highest BCUT2D eigenvalue weighted by Crippen LogP contribution is 2.16. The molecule has 19 heavy (non-hydrogen) atoms. The molecule has 1 saturated heterocycles. The van der Waals surface area contributed by atoms with Crippen molar-refractivity contribution in [3.8, 4) is 0 Å². The molecule has 0 atom stereocenters. The Balaban J connectivity index is 1.56. The summed E-state index contributed by atoms with van der Waals surface area (Å²) < 4.78 is 5.31. The minimum Gasteiger partial charge on any atom is -0.466 e. The van der Waals surface area contributed by atoms with Gasteiger partial charge in [0.25, 0.3) is 0 Å². The molecule has 1 aromatic rings. The van der Waals surface area contributed by atoms with Gasteiger partial charge < -0.3 is 10.1 Å². The van der Waals surface area contributed by atoms with Gasteiger partial charge in [-0.1, -0.05) is 30.3 Å². The number of esters is 1. The van der Waals surface area contributed by atoms with Gasteiger partial charge in [-0.2, -0.15) is 0 Å². The zero-order chi connectivity index (χ0) is 13.3. The zero-order valence-corrected chi connectivity index (χ0v) is 11.4. The van der Waals surface area contributed by atoms with Crippen LogP contribution in [0.4, 0.5) is 0 Å². The maximum atomic E-state index is 11.7. The van der Waals surface area contributed by atoms with E-state index in [4.69, 9.17) is 4.74 Å². The molecule has 0 aliphatic carbocycles. The number of aryl methyl sites for hydroxylation is 1. The number of hydrogen-bond acceptors (Lipinski definition) is 3. The maximum Gasteiger partial charge on any atom is 0.306 e. The molecule has 0 unspecified atom stereocenters. The van der Waals surface area contributed by atoms with E-state index in [1.807, 2.05) is 18.2 Å². The van der Waals surface area contributed by atoms with E-state index in [1.54, 1.807) is 0 Å². The van der Waals surface area contributed by atoms with Crippen LogP contribution in [0.1, 0.15) is 31.2 Å². The third-order valence-corrected chi connectivity index (χ3v) is 3.63. The van der Waals surface area contributed by atoms with Crippen molar-refractivity contribution in [2.45, 2.75) is 32.1 Å². The van der Waals surface area contributed by atoms with Gasteiger partial charge in [0.2, 0.25) is 0 Å². The lowest BCUT2D eigenvalue weighted by molar-refractivity contribution is -0.145. The molecular weight excluding hydrogens is 238 g/mol. The molecule has 1 heterocycles. The van der Waals surface area contributed by atoms with Gasteiger partial charge in [0, 0.05) is 6.42 Å². The van der Waals surface area contributed by atoms with Crippen LogP contribution < -0.4 is 5.32 Å². The van der Waals surface area contributed by atoms with Crippen molar-refractivity contribution in [2.24, 2.45) is 5.92 Å². The molecule has 1 aliphatic rings. The topological polar surface area (TPSA) is 38.3 Å². The highest BCUT2D eigenvalue weighted by molar-refractivity contribution is 5.69. The Bertz CT molecular complexity index is 372. The molecule has 0 saturated carbocycles. The van der Waals surface area contributed by atoms with E-state index >= 15 is 0 Å². The van der Waals surface area contributed by atoms with Crippen LogP contribution in [0.2, 0.25) is 0 Å². The third kappa shape index (κ3) is 5.43. The fraction of sp³-hybridized carbons (Fsp3) is 0.562. The first-order chi connectivity index (χ1) is 9.34. The Morgan fingerprint density at radius 2 is 1.95 bits per heavy atom. The molecular formula is C16H23NO2. The molecule has 2 rings (SSSR count). The molecule has 0 bridgehead atoms. The van der Waals surface area contributed by atoms with Gasteiger partial charge in [-0.05, 0) is 50.3 Å². The van der Waals surface area contributed by atoms with Crippen LogP contribution in [0.25, 0.3) is 0 Å². The minimum absolute atomic E-state index is 0.0278. The summed E-state index contributed by atoms with van der Waals surface area (Å²) in [5.74, 6) is 0.489. The second-order valence-corrected chi connectivity index (χ2v) is 5.21. The van der Waals surface area contributed by atoms with Crippen LogP contribution in [-0.2, 0) is 16.0 Å². The number of carbonyl (C=O) groups excluding carboxylic acids is 1. The quantitative estimate of drug-likeness (QED) is 0.632. The fourth-order valence-corrected chi connectivity index (χ4v) is 2.49. The van der Waals surface area contributed by atoms with Gasteiger partial charge in [-0.25, -0.2) is 0 Å². The number of carbonyl (C=O) groups is 1. The molecule has 104 valence electrons. The summed E-state index contributed by atoms with van der Waals surface area (Å²) in [5.41, 5.74) is 1.30. The molecule has 1 aromatic carbocycles. The largest absolute Gasteiger partial charge is 0.466 e. The normalized spacial score (nSPS) is 16.2. The van der Waals surface area contributed by atoms with Gasteiger partial charge in [0.1, 0.15) is 0 Å². The number of piperidine rings is 1. The first-order valence-corrected chi connectivity index (χ1v) is 7.25. The monoisotopic (exact) mass is 261 g/mol.